The third-order valence-corrected chi connectivity index (χ3v) is 3.41. The number of hydrogen-bond donors (Lipinski definition) is 2. The first-order valence-corrected chi connectivity index (χ1v) is 6.70. The smallest absolute Gasteiger partial charge is 0.287 e. The van der Waals surface area contributed by atoms with E-state index in [4.69, 9.17) is 11.6 Å². The van der Waals surface area contributed by atoms with E-state index in [1.165, 1.54) is 10.9 Å². The number of carbonyl (C=O) groups is 1. The van der Waals surface area contributed by atoms with Gasteiger partial charge in [0.05, 0.1) is 17.9 Å². The SMILES string of the molecule is CC(C)n1ncc(NC2CCCNC2=O)c(Cl)c1=O. The monoisotopic (exact) mass is 284 g/mol. The van der Waals surface area contributed by atoms with Crippen LogP contribution in [0.3, 0.4) is 0 Å². The number of amides is 1. The molecule has 0 saturated carbocycles. The van der Waals surface area contributed by atoms with Crippen molar-refractivity contribution in [2.24, 2.45) is 0 Å². The summed E-state index contributed by atoms with van der Waals surface area (Å²) < 4.78 is 1.31. The first kappa shape index (κ1) is 13.9. The number of rotatable bonds is 3. The summed E-state index contributed by atoms with van der Waals surface area (Å²) in [5.41, 5.74) is 0.0588. The minimum atomic E-state index is -0.359. The Bertz CT molecular complexity index is 541. The van der Waals surface area contributed by atoms with Gasteiger partial charge in [0.2, 0.25) is 5.91 Å². The van der Waals surface area contributed by atoms with Gasteiger partial charge in [-0.1, -0.05) is 11.6 Å². The predicted molar refractivity (Wildman–Crippen MR) is 73.5 cm³/mol. The van der Waals surface area contributed by atoms with Crippen molar-refractivity contribution in [1.82, 2.24) is 15.1 Å². The number of nitrogens with one attached hydrogen (secondary N) is 2. The van der Waals surface area contributed by atoms with Crippen molar-refractivity contribution in [3.05, 3.63) is 21.6 Å². The highest BCUT2D eigenvalue weighted by Crippen LogP contribution is 2.19. The highest BCUT2D eigenvalue weighted by Gasteiger charge is 2.23. The van der Waals surface area contributed by atoms with Gasteiger partial charge in [-0.05, 0) is 26.7 Å². The summed E-state index contributed by atoms with van der Waals surface area (Å²) >= 11 is 6.04. The zero-order chi connectivity index (χ0) is 14.0. The van der Waals surface area contributed by atoms with E-state index in [9.17, 15) is 9.59 Å². The zero-order valence-corrected chi connectivity index (χ0v) is 11.7. The molecule has 19 heavy (non-hydrogen) atoms. The van der Waals surface area contributed by atoms with Gasteiger partial charge in [0.1, 0.15) is 11.1 Å². The van der Waals surface area contributed by atoms with Crippen LogP contribution in [0.4, 0.5) is 5.69 Å². The minimum Gasteiger partial charge on any atom is -0.371 e. The molecule has 1 fully saturated rings. The van der Waals surface area contributed by atoms with E-state index in [2.05, 4.69) is 15.7 Å². The van der Waals surface area contributed by atoms with Crippen LogP contribution in [0.2, 0.25) is 5.02 Å². The lowest BCUT2D eigenvalue weighted by Crippen LogP contribution is -2.44. The van der Waals surface area contributed by atoms with Gasteiger partial charge in [-0.3, -0.25) is 9.59 Å². The van der Waals surface area contributed by atoms with Gasteiger partial charge < -0.3 is 10.6 Å². The van der Waals surface area contributed by atoms with E-state index < -0.39 is 0 Å². The summed E-state index contributed by atoms with van der Waals surface area (Å²) in [6.45, 7) is 4.40. The van der Waals surface area contributed by atoms with Gasteiger partial charge >= 0.3 is 0 Å². The standard InChI is InChI=1S/C12H17ClN4O2/c1-7(2)17-12(19)10(13)9(6-15-17)16-8-4-3-5-14-11(8)18/h6-8,16H,3-5H2,1-2H3,(H,14,18). The molecule has 0 bridgehead atoms. The Balaban J connectivity index is 2.24. The lowest BCUT2D eigenvalue weighted by molar-refractivity contribution is -0.123. The second kappa shape index (κ2) is 5.61. The van der Waals surface area contributed by atoms with Gasteiger partial charge in [0.15, 0.2) is 0 Å². The van der Waals surface area contributed by atoms with E-state index >= 15 is 0 Å². The molecular formula is C12H17ClN4O2. The molecule has 6 nitrogen and oxygen atoms in total. The Morgan fingerprint density at radius 3 is 2.89 bits per heavy atom. The maximum Gasteiger partial charge on any atom is 0.287 e. The fourth-order valence-electron chi connectivity index (χ4n) is 2.01. The molecule has 0 aliphatic carbocycles. The van der Waals surface area contributed by atoms with Crippen LogP contribution in [0.1, 0.15) is 32.7 Å². The third-order valence-electron chi connectivity index (χ3n) is 3.05. The van der Waals surface area contributed by atoms with Crippen molar-refractivity contribution in [1.29, 1.82) is 0 Å². The van der Waals surface area contributed by atoms with E-state index in [0.717, 1.165) is 12.8 Å². The maximum atomic E-state index is 12.0. The fraction of sp³-hybridized carbons (Fsp3) is 0.583. The number of carbonyl (C=O) groups excluding carboxylic acids is 1. The molecule has 104 valence electrons. The van der Waals surface area contributed by atoms with Gasteiger partial charge in [-0.15, -0.1) is 0 Å². The molecule has 7 heteroatoms. The lowest BCUT2D eigenvalue weighted by Gasteiger charge is -2.24. The molecule has 2 heterocycles. The van der Waals surface area contributed by atoms with Crippen LogP contribution in [-0.4, -0.2) is 28.3 Å². The van der Waals surface area contributed by atoms with Crippen LogP contribution in [0.5, 0.6) is 0 Å². The molecule has 0 aromatic carbocycles. The maximum absolute atomic E-state index is 12.0. The Hall–Kier alpha value is -1.56. The zero-order valence-electron chi connectivity index (χ0n) is 10.9. The molecule has 0 radical (unpaired) electrons. The van der Waals surface area contributed by atoms with Gasteiger partial charge in [0.25, 0.3) is 5.56 Å². The number of halogens is 1. The molecule has 1 aromatic heterocycles. The second-order valence-electron chi connectivity index (χ2n) is 4.85. The van der Waals surface area contributed by atoms with E-state index in [1.54, 1.807) is 0 Å². The molecule has 2 rings (SSSR count). The minimum absolute atomic E-state index is 0.0583. The average molecular weight is 285 g/mol. The molecule has 2 N–H and O–H groups in total. The number of nitrogens with zero attached hydrogens (tertiary/aromatic N) is 2. The summed E-state index contributed by atoms with van der Waals surface area (Å²) in [5, 5.41) is 9.88. The quantitative estimate of drug-likeness (QED) is 0.873. The van der Waals surface area contributed by atoms with E-state index in [0.29, 0.717) is 12.2 Å². The first-order valence-electron chi connectivity index (χ1n) is 6.32. The van der Waals surface area contributed by atoms with Crippen molar-refractivity contribution in [2.75, 3.05) is 11.9 Å². The Morgan fingerprint density at radius 2 is 2.26 bits per heavy atom. The molecule has 1 unspecified atom stereocenters. The molecule has 1 aliphatic rings. The van der Waals surface area contributed by atoms with Crippen LogP contribution in [0.25, 0.3) is 0 Å². The van der Waals surface area contributed by atoms with Crippen LogP contribution in [-0.2, 0) is 4.79 Å². The van der Waals surface area contributed by atoms with Crippen LogP contribution in [0, 0.1) is 0 Å². The summed E-state index contributed by atoms with van der Waals surface area (Å²) in [7, 11) is 0. The Kier molecular flexibility index (Phi) is 4.09. The molecule has 1 atom stereocenters. The summed E-state index contributed by atoms with van der Waals surface area (Å²) in [6.07, 6.45) is 3.11. The topological polar surface area (TPSA) is 76.0 Å². The van der Waals surface area contributed by atoms with Gasteiger partial charge in [0, 0.05) is 6.54 Å². The summed E-state index contributed by atoms with van der Waals surface area (Å²) in [6, 6.07) is -0.417. The Labute approximate surface area is 116 Å². The predicted octanol–water partition coefficient (Wildman–Crippen LogP) is 1.17. The number of aromatic nitrogens is 2. The molecule has 1 aliphatic heterocycles. The van der Waals surface area contributed by atoms with Crippen molar-refractivity contribution >= 4 is 23.2 Å². The Morgan fingerprint density at radius 1 is 1.53 bits per heavy atom. The summed E-state index contributed by atoms with van der Waals surface area (Å²) in [5.74, 6) is -0.0737. The van der Waals surface area contributed by atoms with Gasteiger partial charge in [-0.25, -0.2) is 4.68 Å². The third kappa shape index (κ3) is 2.89. The summed E-state index contributed by atoms with van der Waals surface area (Å²) in [4.78, 5) is 23.6. The fourth-order valence-corrected chi connectivity index (χ4v) is 2.20. The molecule has 1 saturated heterocycles. The largest absolute Gasteiger partial charge is 0.371 e. The first-order chi connectivity index (χ1) is 9.00. The van der Waals surface area contributed by atoms with Crippen LogP contribution in [0.15, 0.2) is 11.0 Å². The number of anilines is 1. The van der Waals surface area contributed by atoms with Crippen molar-refractivity contribution in [3.8, 4) is 0 Å². The average Bonchev–Trinajstić information content (AvgIpc) is 2.37. The van der Waals surface area contributed by atoms with Gasteiger partial charge in [-0.2, -0.15) is 5.10 Å². The normalized spacial score (nSPS) is 19.4. The van der Waals surface area contributed by atoms with Crippen molar-refractivity contribution in [3.63, 3.8) is 0 Å². The van der Waals surface area contributed by atoms with Crippen molar-refractivity contribution in [2.45, 2.75) is 38.8 Å². The molecule has 1 amide bonds. The second-order valence-corrected chi connectivity index (χ2v) is 5.22. The highest BCUT2D eigenvalue weighted by atomic mass is 35.5. The van der Waals surface area contributed by atoms with E-state index in [1.807, 2.05) is 13.8 Å². The number of hydrogen-bond acceptors (Lipinski definition) is 4. The number of piperidine rings is 1. The highest BCUT2D eigenvalue weighted by molar-refractivity contribution is 6.33. The van der Waals surface area contributed by atoms with E-state index in [-0.39, 0.29) is 28.6 Å². The van der Waals surface area contributed by atoms with Crippen LogP contribution < -0.4 is 16.2 Å². The lowest BCUT2D eigenvalue weighted by atomic mass is 10.1. The van der Waals surface area contributed by atoms with Crippen LogP contribution >= 0.6 is 11.6 Å². The molecule has 0 spiro atoms. The molecule has 1 aromatic rings. The van der Waals surface area contributed by atoms with Crippen molar-refractivity contribution < 1.29 is 4.79 Å². The molecular weight excluding hydrogens is 268 g/mol.